The first-order valence-corrected chi connectivity index (χ1v) is 10.8. The fourth-order valence-electron chi connectivity index (χ4n) is 2.83. The van der Waals surface area contributed by atoms with Crippen molar-refractivity contribution < 1.29 is 14.7 Å². The third-order valence-electron chi connectivity index (χ3n) is 4.34. The second kappa shape index (κ2) is 9.35. The van der Waals surface area contributed by atoms with Crippen molar-refractivity contribution >= 4 is 57.2 Å². The van der Waals surface area contributed by atoms with Gasteiger partial charge in [-0.05, 0) is 36.4 Å². The molecule has 160 valence electrons. The predicted octanol–water partition coefficient (Wildman–Crippen LogP) is 6.09. The molecule has 3 N–H and O–H groups in total. The molecule has 0 saturated carbocycles. The highest BCUT2D eigenvalue weighted by atomic mass is 35.5. The van der Waals surface area contributed by atoms with Crippen LogP contribution in [0.15, 0.2) is 66.7 Å². The normalized spacial score (nSPS) is 10.6. The zero-order valence-electron chi connectivity index (χ0n) is 16.2. The Labute approximate surface area is 196 Å². The predicted molar refractivity (Wildman–Crippen MR) is 126 cm³/mol. The molecule has 0 aliphatic carbocycles. The van der Waals surface area contributed by atoms with E-state index in [2.05, 4.69) is 20.8 Å². The lowest BCUT2D eigenvalue weighted by molar-refractivity contribution is 0.103. The molecule has 0 fully saturated rings. The van der Waals surface area contributed by atoms with Gasteiger partial charge in [0.2, 0.25) is 5.13 Å². The number of amides is 2. The summed E-state index contributed by atoms with van der Waals surface area (Å²) in [6.45, 7) is 0. The van der Waals surface area contributed by atoms with E-state index >= 15 is 0 Å². The van der Waals surface area contributed by atoms with Crippen LogP contribution in [0.25, 0.3) is 10.6 Å². The van der Waals surface area contributed by atoms with Crippen LogP contribution in [0, 0.1) is 0 Å². The zero-order chi connectivity index (χ0) is 22.7. The first-order valence-electron chi connectivity index (χ1n) is 9.20. The van der Waals surface area contributed by atoms with Gasteiger partial charge in [0.05, 0.1) is 10.6 Å². The Kier molecular flexibility index (Phi) is 6.36. The summed E-state index contributed by atoms with van der Waals surface area (Å²) in [6.07, 6.45) is 0. The number of aromatic nitrogens is 2. The standard InChI is InChI=1S/C22H14Cl2N4O3S/c23-14-10-16(19(30)17(24)11-14)20-27-28-22(32-20)26-21(31)25-15-8-6-13(7-9-15)18(29)12-4-2-1-3-5-12/h1-11,30H,(H2,25,26,28,31). The number of carbonyl (C=O) groups is 2. The van der Waals surface area contributed by atoms with Crippen molar-refractivity contribution in [3.8, 4) is 16.3 Å². The number of hydrogen-bond acceptors (Lipinski definition) is 6. The van der Waals surface area contributed by atoms with E-state index in [0.29, 0.717) is 32.4 Å². The number of benzene rings is 3. The Morgan fingerprint density at radius 3 is 2.28 bits per heavy atom. The number of phenolic OH excluding ortho intramolecular Hbond substituents is 1. The number of nitrogens with one attached hydrogen (secondary N) is 2. The first-order chi connectivity index (χ1) is 15.4. The van der Waals surface area contributed by atoms with Crippen molar-refractivity contribution in [2.45, 2.75) is 0 Å². The molecule has 1 aromatic heterocycles. The highest BCUT2D eigenvalue weighted by Crippen LogP contribution is 2.39. The van der Waals surface area contributed by atoms with Crippen LogP contribution in [0.3, 0.4) is 0 Å². The summed E-state index contributed by atoms with van der Waals surface area (Å²) in [4.78, 5) is 24.8. The maximum Gasteiger partial charge on any atom is 0.325 e. The highest BCUT2D eigenvalue weighted by Gasteiger charge is 2.16. The number of ketones is 1. The molecule has 0 bridgehead atoms. The number of anilines is 2. The smallest absolute Gasteiger partial charge is 0.325 e. The minimum Gasteiger partial charge on any atom is -0.506 e. The summed E-state index contributed by atoms with van der Waals surface area (Å²) in [5.41, 5.74) is 1.91. The number of nitrogens with zero attached hydrogens (tertiary/aromatic N) is 2. The van der Waals surface area contributed by atoms with E-state index in [1.165, 1.54) is 12.1 Å². The van der Waals surface area contributed by atoms with E-state index in [1.807, 2.05) is 6.07 Å². The molecule has 10 heteroatoms. The molecule has 0 saturated heterocycles. The minimum atomic E-state index is -0.539. The van der Waals surface area contributed by atoms with E-state index in [0.717, 1.165) is 11.3 Å². The van der Waals surface area contributed by atoms with E-state index < -0.39 is 6.03 Å². The second-order valence-electron chi connectivity index (χ2n) is 6.55. The van der Waals surface area contributed by atoms with Crippen LogP contribution in [0.1, 0.15) is 15.9 Å². The van der Waals surface area contributed by atoms with Gasteiger partial charge in [-0.1, -0.05) is 64.9 Å². The first kappa shape index (κ1) is 21.8. The molecule has 0 unspecified atom stereocenters. The molecular weight excluding hydrogens is 471 g/mol. The van der Waals surface area contributed by atoms with E-state index in [1.54, 1.807) is 48.5 Å². The van der Waals surface area contributed by atoms with Crippen LogP contribution >= 0.6 is 34.5 Å². The molecule has 4 rings (SSSR count). The minimum absolute atomic E-state index is 0.0872. The van der Waals surface area contributed by atoms with Crippen molar-refractivity contribution in [3.05, 3.63) is 87.9 Å². The molecule has 1 heterocycles. The summed E-state index contributed by atoms with van der Waals surface area (Å²) >= 11 is 13.0. The quantitative estimate of drug-likeness (QED) is 0.297. The summed E-state index contributed by atoms with van der Waals surface area (Å²) in [6, 6.07) is 17.9. The van der Waals surface area contributed by atoms with Gasteiger partial charge in [0.25, 0.3) is 0 Å². The lowest BCUT2D eigenvalue weighted by Crippen LogP contribution is -2.19. The molecular formula is C22H14Cl2N4O3S. The van der Waals surface area contributed by atoms with Gasteiger partial charge in [-0.2, -0.15) is 0 Å². The van der Waals surface area contributed by atoms with Gasteiger partial charge < -0.3 is 10.4 Å². The molecule has 2 amide bonds. The molecule has 0 spiro atoms. The Morgan fingerprint density at radius 1 is 0.875 bits per heavy atom. The van der Waals surface area contributed by atoms with Crippen molar-refractivity contribution in [1.82, 2.24) is 10.2 Å². The van der Waals surface area contributed by atoms with Gasteiger partial charge in [0, 0.05) is 21.8 Å². The van der Waals surface area contributed by atoms with Crippen molar-refractivity contribution in [3.63, 3.8) is 0 Å². The molecule has 0 aliphatic heterocycles. The van der Waals surface area contributed by atoms with Crippen LogP contribution in [0.5, 0.6) is 5.75 Å². The van der Waals surface area contributed by atoms with E-state index in [4.69, 9.17) is 23.2 Å². The van der Waals surface area contributed by atoms with E-state index in [-0.39, 0.29) is 21.7 Å². The zero-order valence-corrected chi connectivity index (χ0v) is 18.5. The van der Waals surface area contributed by atoms with Gasteiger partial charge in [0.15, 0.2) is 10.8 Å². The molecule has 7 nitrogen and oxygen atoms in total. The molecule has 0 radical (unpaired) electrons. The number of rotatable bonds is 5. The number of urea groups is 1. The van der Waals surface area contributed by atoms with Crippen LogP contribution in [-0.4, -0.2) is 27.1 Å². The maximum absolute atomic E-state index is 12.5. The highest BCUT2D eigenvalue weighted by molar-refractivity contribution is 7.18. The van der Waals surface area contributed by atoms with Crippen LogP contribution in [0.4, 0.5) is 15.6 Å². The Bertz CT molecular complexity index is 1290. The summed E-state index contributed by atoms with van der Waals surface area (Å²) in [5.74, 6) is -0.277. The summed E-state index contributed by atoms with van der Waals surface area (Å²) in [7, 11) is 0. The number of halogens is 2. The van der Waals surface area contributed by atoms with Crippen molar-refractivity contribution in [2.75, 3.05) is 10.6 Å². The molecule has 32 heavy (non-hydrogen) atoms. The third kappa shape index (κ3) is 4.88. The van der Waals surface area contributed by atoms with Crippen molar-refractivity contribution in [2.24, 2.45) is 0 Å². The topological polar surface area (TPSA) is 104 Å². The Morgan fingerprint density at radius 2 is 1.56 bits per heavy atom. The van der Waals surface area contributed by atoms with Gasteiger partial charge in [-0.25, -0.2) is 4.79 Å². The monoisotopic (exact) mass is 484 g/mol. The maximum atomic E-state index is 12.5. The lowest BCUT2D eigenvalue weighted by atomic mass is 10.0. The van der Waals surface area contributed by atoms with Crippen molar-refractivity contribution in [1.29, 1.82) is 0 Å². The third-order valence-corrected chi connectivity index (χ3v) is 5.72. The van der Waals surface area contributed by atoms with Crippen LogP contribution in [-0.2, 0) is 0 Å². The molecule has 0 atom stereocenters. The van der Waals surface area contributed by atoms with Gasteiger partial charge >= 0.3 is 6.03 Å². The number of phenols is 1. The molecule has 4 aromatic rings. The summed E-state index contributed by atoms with van der Waals surface area (Å²) < 4.78 is 0. The SMILES string of the molecule is O=C(Nc1ccc(C(=O)c2ccccc2)cc1)Nc1nnc(-c2cc(Cl)cc(Cl)c2O)s1. The fraction of sp³-hybridized carbons (Fsp3) is 0. The summed E-state index contributed by atoms with van der Waals surface area (Å²) in [5, 5.41) is 24.2. The number of carbonyl (C=O) groups excluding carboxylic acids is 2. The van der Waals surface area contributed by atoms with Crippen LogP contribution < -0.4 is 10.6 Å². The van der Waals surface area contributed by atoms with Gasteiger partial charge in [-0.3, -0.25) is 10.1 Å². The van der Waals surface area contributed by atoms with Crippen LogP contribution in [0.2, 0.25) is 10.0 Å². The Balaban J connectivity index is 1.41. The number of aromatic hydroxyl groups is 1. The van der Waals surface area contributed by atoms with Gasteiger partial charge in [0.1, 0.15) is 5.75 Å². The Hall–Kier alpha value is -3.46. The largest absolute Gasteiger partial charge is 0.506 e. The average Bonchev–Trinajstić information content (AvgIpc) is 3.25. The second-order valence-corrected chi connectivity index (χ2v) is 8.37. The van der Waals surface area contributed by atoms with E-state index in [9.17, 15) is 14.7 Å². The number of hydrogen-bond donors (Lipinski definition) is 3. The molecule has 3 aromatic carbocycles. The molecule has 0 aliphatic rings. The average molecular weight is 485 g/mol. The fourth-order valence-corrected chi connectivity index (χ4v) is 4.08. The lowest BCUT2D eigenvalue weighted by Gasteiger charge is -2.06. The van der Waals surface area contributed by atoms with Gasteiger partial charge in [-0.15, -0.1) is 10.2 Å².